The van der Waals surface area contributed by atoms with E-state index in [0.29, 0.717) is 5.92 Å². The highest BCUT2D eigenvalue weighted by Crippen LogP contribution is 2.19. The molecule has 0 unspecified atom stereocenters. The van der Waals surface area contributed by atoms with Gasteiger partial charge in [-0.25, -0.2) is 0 Å². The van der Waals surface area contributed by atoms with Gasteiger partial charge in [-0.15, -0.1) is 0 Å². The molecule has 6 heteroatoms. The molecule has 3 rings (SSSR count). The average molecular weight is 334 g/mol. The Labute approximate surface area is 142 Å². The Kier molecular flexibility index (Phi) is 5.83. The second-order valence-electron chi connectivity index (χ2n) is 6.55. The maximum Gasteiger partial charge on any atom is 0.0593 e. The lowest BCUT2D eigenvalue weighted by Gasteiger charge is -2.23. The number of nitrogens with zero attached hydrogens (tertiary/aromatic N) is 4. The standard InChI is InChI=1S/C17H26N4OS/c1-19(2)6-7-22-13-16-10-20(9-15-4-8-23-14-15)12-17-3-5-18-21(17)11-16/h3-5,8,14,16H,6-7,9-13H2,1-2H3/t16-/m1/s1. The molecule has 3 heterocycles. The summed E-state index contributed by atoms with van der Waals surface area (Å²) in [6.45, 7) is 6.53. The molecule has 5 nitrogen and oxygen atoms in total. The van der Waals surface area contributed by atoms with Crippen molar-refractivity contribution in [2.24, 2.45) is 5.92 Å². The predicted octanol–water partition coefficient (Wildman–Crippen LogP) is 2.15. The SMILES string of the molecule is CN(C)CCOC[C@@H]1CN(Cc2ccsc2)Cc2ccnn2C1. The van der Waals surface area contributed by atoms with Gasteiger partial charge in [-0.05, 0) is 42.6 Å². The van der Waals surface area contributed by atoms with E-state index >= 15 is 0 Å². The van der Waals surface area contributed by atoms with Gasteiger partial charge in [0.05, 0.1) is 18.9 Å². The first-order chi connectivity index (χ1) is 11.2. The van der Waals surface area contributed by atoms with Crippen LogP contribution in [0.3, 0.4) is 0 Å². The van der Waals surface area contributed by atoms with Gasteiger partial charge < -0.3 is 9.64 Å². The Morgan fingerprint density at radius 3 is 3.04 bits per heavy atom. The first kappa shape index (κ1) is 16.6. The maximum atomic E-state index is 5.91. The molecule has 0 amide bonds. The van der Waals surface area contributed by atoms with Crippen molar-refractivity contribution >= 4 is 11.3 Å². The van der Waals surface area contributed by atoms with Crippen LogP contribution in [-0.4, -0.2) is 60.0 Å². The molecule has 0 saturated carbocycles. The maximum absolute atomic E-state index is 5.91. The van der Waals surface area contributed by atoms with Gasteiger partial charge in [0.25, 0.3) is 0 Å². The topological polar surface area (TPSA) is 33.5 Å². The molecule has 0 fully saturated rings. The number of likely N-dealkylation sites (N-methyl/N-ethyl adjacent to an activating group) is 1. The molecule has 1 aliphatic rings. The van der Waals surface area contributed by atoms with Crippen LogP contribution in [0.15, 0.2) is 29.1 Å². The molecule has 0 N–H and O–H groups in total. The molecule has 1 atom stereocenters. The van der Waals surface area contributed by atoms with E-state index in [1.807, 2.05) is 6.20 Å². The molecule has 0 radical (unpaired) electrons. The van der Waals surface area contributed by atoms with E-state index in [4.69, 9.17) is 4.74 Å². The molecule has 0 spiro atoms. The molecule has 2 aromatic heterocycles. The van der Waals surface area contributed by atoms with Gasteiger partial charge in [-0.1, -0.05) is 0 Å². The third kappa shape index (κ3) is 4.88. The van der Waals surface area contributed by atoms with Crippen LogP contribution in [0.5, 0.6) is 0 Å². The number of fused-ring (bicyclic) bond motifs is 1. The minimum Gasteiger partial charge on any atom is -0.380 e. The van der Waals surface area contributed by atoms with Crippen molar-refractivity contribution in [1.29, 1.82) is 0 Å². The molecular formula is C17H26N4OS. The Hall–Kier alpha value is -1.21. The summed E-state index contributed by atoms with van der Waals surface area (Å²) in [7, 11) is 4.15. The van der Waals surface area contributed by atoms with Crippen molar-refractivity contribution in [3.8, 4) is 0 Å². The predicted molar refractivity (Wildman–Crippen MR) is 93.5 cm³/mol. The highest BCUT2D eigenvalue weighted by atomic mass is 32.1. The van der Waals surface area contributed by atoms with Crippen LogP contribution in [0, 0.1) is 5.92 Å². The molecule has 0 aromatic carbocycles. The van der Waals surface area contributed by atoms with Crippen molar-refractivity contribution in [2.45, 2.75) is 19.6 Å². The smallest absolute Gasteiger partial charge is 0.0593 e. The van der Waals surface area contributed by atoms with Crippen molar-refractivity contribution in [1.82, 2.24) is 19.6 Å². The number of hydrogen-bond donors (Lipinski definition) is 0. The zero-order valence-electron chi connectivity index (χ0n) is 14.0. The molecule has 2 aromatic rings. The molecule has 0 aliphatic carbocycles. The van der Waals surface area contributed by atoms with E-state index in [1.165, 1.54) is 11.3 Å². The van der Waals surface area contributed by atoms with Crippen LogP contribution in [0.25, 0.3) is 0 Å². The summed E-state index contributed by atoms with van der Waals surface area (Å²) in [6, 6.07) is 4.35. The quantitative estimate of drug-likeness (QED) is 0.727. The van der Waals surface area contributed by atoms with E-state index in [2.05, 4.69) is 56.6 Å². The average Bonchev–Trinajstić information content (AvgIpc) is 3.13. The van der Waals surface area contributed by atoms with Gasteiger partial charge in [0, 0.05) is 44.8 Å². The number of hydrogen-bond acceptors (Lipinski definition) is 5. The van der Waals surface area contributed by atoms with E-state index in [-0.39, 0.29) is 0 Å². The third-order valence-electron chi connectivity index (χ3n) is 4.16. The second kappa shape index (κ2) is 8.06. The van der Waals surface area contributed by atoms with Crippen molar-refractivity contribution in [3.05, 3.63) is 40.3 Å². The lowest BCUT2D eigenvalue weighted by molar-refractivity contribution is 0.0673. The molecule has 126 valence electrons. The van der Waals surface area contributed by atoms with Crippen LogP contribution in [0.4, 0.5) is 0 Å². The summed E-state index contributed by atoms with van der Waals surface area (Å²) in [5.41, 5.74) is 2.70. The number of aromatic nitrogens is 2. The van der Waals surface area contributed by atoms with E-state index < -0.39 is 0 Å². The van der Waals surface area contributed by atoms with Crippen LogP contribution in [-0.2, 0) is 24.4 Å². The highest BCUT2D eigenvalue weighted by Gasteiger charge is 2.22. The summed E-state index contributed by atoms with van der Waals surface area (Å²) < 4.78 is 8.05. The molecule has 0 saturated heterocycles. The van der Waals surface area contributed by atoms with E-state index in [9.17, 15) is 0 Å². The monoisotopic (exact) mass is 334 g/mol. The molecule has 0 bridgehead atoms. The van der Waals surface area contributed by atoms with E-state index in [0.717, 1.165) is 45.9 Å². The zero-order valence-corrected chi connectivity index (χ0v) is 14.8. The van der Waals surface area contributed by atoms with Gasteiger partial charge >= 0.3 is 0 Å². The van der Waals surface area contributed by atoms with Crippen LogP contribution >= 0.6 is 11.3 Å². The molecule has 23 heavy (non-hydrogen) atoms. The van der Waals surface area contributed by atoms with Gasteiger partial charge in [0.15, 0.2) is 0 Å². The van der Waals surface area contributed by atoms with Gasteiger partial charge in [0.1, 0.15) is 0 Å². The lowest BCUT2D eigenvalue weighted by Crippen LogP contribution is -2.30. The number of ether oxygens (including phenoxy) is 1. The first-order valence-electron chi connectivity index (χ1n) is 8.17. The van der Waals surface area contributed by atoms with E-state index in [1.54, 1.807) is 11.3 Å². The normalized spacial score (nSPS) is 19.0. The van der Waals surface area contributed by atoms with Crippen LogP contribution < -0.4 is 0 Å². The van der Waals surface area contributed by atoms with Crippen LogP contribution in [0.1, 0.15) is 11.3 Å². The Balaban J connectivity index is 1.60. The highest BCUT2D eigenvalue weighted by molar-refractivity contribution is 7.07. The summed E-state index contributed by atoms with van der Waals surface area (Å²) in [5.74, 6) is 0.483. The fourth-order valence-corrected chi connectivity index (χ4v) is 3.64. The minimum absolute atomic E-state index is 0.483. The van der Waals surface area contributed by atoms with Gasteiger partial charge in [-0.2, -0.15) is 16.4 Å². The zero-order chi connectivity index (χ0) is 16.1. The summed E-state index contributed by atoms with van der Waals surface area (Å²) in [5, 5.41) is 8.88. The fraction of sp³-hybridized carbons (Fsp3) is 0.588. The summed E-state index contributed by atoms with van der Waals surface area (Å²) in [6.07, 6.45) is 1.91. The van der Waals surface area contributed by atoms with Crippen LogP contribution in [0.2, 0.25) is 0 Å². The van der Waals surface area contributed by atoms with Crippen molar-refractivity contribution in [2.75, 3.05) is 40.4 Å². The minimum atomic E-state index is 0.483. The Bertz CT molecular complexity index is 581. The van der Waals surface area contributed by atoms with Crippen molar-refractivity contribution in [3.63, 3.8) is 0 Å². The fourth-order valence-electron chi connectivity index (χ4n) is 2.98. The number of rotatable bonds is 7. The van der Waals surface area contributed by atoms with Crippen molar-refractivity contribution < 1.29 is 4.74 Å². The first-order valence-corrected chi connectivity index (χ1v) is 9.11. The largest absolute Gasteiger partial charge is 0.380 e. The third-order valence-corrected chi connectivity index (χ3v) is 4.89. The lowest BCUT2D eigenvalue weighted by atomic mass is 10.1. The Morgan fingerprint density at radius 1 is 1.35 bits per heavy atom. The summed E-state index contributed by atoms with van der Waals surface area (Å²) >= 11 is 1.77. The molecule has 1 aliphatic heterocycles. The summed E-state index contributed by atoms with van der Waals surface area (Å²) in [4.78, 5) is 4.67. The van der Waals surface area contributed by atoms with Gasteiger partial charge in [0.2, 0.25) is 0 Å². The Morgan fingerprint density at radius 2 is 2.26 bits per heavy atom. The second-order valence-corrected chi connectivity index (χ2v) is 7.33. The molecular weight excluding hydrogens is 308 g/mol. The number of thiophene rings is 1. The van der Waals surface area contributed by atoms with Gasteiger partial charge in [-0.3, -0.25) is 9.58 Å².